The molecule has 1 aromatic carbocycles. The van der Waals surface area contributed by atoms with Crippen LogP contribution in [-0.4, -0.2) is 14.7 Å². The van der Waals surface area contributed by atoms with Gasteiger partial charge in [0.2, 0.25) is 0 Å². The summed E-state index contributed by atoms with van der Waals surface area (Å²) in [5.74, 6) is 1.13. The molecule has 0 unspecified atom stereocenters. The topological polar surface area (TPSA) is 9.23 Å². The lowest BCUT2D eigenvalue weighted by Crippen LogP contribution is -2.52. The number of hydrogen-bond donors (Lipinski definition) is 0. The van der Waals surface area contributed by atoms with Crippen molar-refractivity contribution in [2.75, 3.05) is 6.61 Å². The molecule has 0 radical (unpaired) electrons. The Morgan fingerprint density at radius 1 is 1.00 bits per heavy atom. The van der Waals surface area contributed by atoms with E-state index in [1.807, 2.05) is 6.08 Å². The molecule has 0 spiro atoms. The summed E-state index contributed by atoms with van der Waals surface area (Å²) < 4.78 is 6.42. The molecule has 0 fully saturated rings. The van der Waals surface area contributed by atoms with Gasteiger partial charge in [-0.05, 0) is 55.0 Å². The number of hydrogen-bond acceptors (Lipinski definition) is 1. The monoisotopic (exact) mass is 396 g/mol. The maximum absolute atomic E-state index is 6.42. The molecule has 0 saturated heterocycles. The Kier molecular flexibility index (Phi) is 6.86. The van der Waals surface area contributed by atoms with E-state index >= 15 is 0 Å². The van der Waals surface area contributed by atoms with Crippen LogP contribution in [0.3, 0.4) is 0 Å². The first kappa shape index (κ1) is 22.7. The van der Waals surface area contributed by atoms with Crippen LogP contribution in [0.2, 0.25) is 17.6 Å². The molecular formula is C26H40OSi. The maximum Gasteiger partial charge on any atom is 0.122 e. The van der Waals surface area contributed by atoms with E-state index in [0.29, 0.717) is 12.1 Å². The molecule has 1 aromatic rings. The SMILES string of the molecule is C=CCOc1c(C(C)(C)C)cccc1[Si](CC)(CC)C1C(C)=C(C)C(C)=C1C. The predicted octanol–water partition coefficient (Wildman–Crippen LogP) is 7.30. The quantitative estimate of drug-likeness (QED) is 0.347. The standard InChI is InChI=1S/C26H40OSi/c1-11-17-27-24-22(26(8,9)10)15-14-16-23(24)28(12-2,13-3)25-20(6)18(4)19(5)21(25)7/h11,14-16,25H,1,12-13,17H2,2-10H3. The fraction of sp³-hybridized carbons (Fsp3) is 0.538. The Morgan fingerprint density at radius 2 is 1.54 bits per heavy atom. The maximum atomic E-state index is 6.42. The normalized spacial score (nSPS) is 16.2. The second kappa shape index (κ2) is 8.45. The molecule has 0 aliphatic heterocycles. The lowest BCUT2D eigenvalue weighted by molar-refractivity contribution is 0.353. The highest BCUT2D eigenvalue weighted by molar-refractivity contribution is 6.94. The van der Waals surface area contributed by atoms with Gasteiger partial charge in [0.05, 0.1) is 0 Å². The van der Waals surface area contributed by atoms with Crippen LogP contribution in [-0.2, 0) is 5.41 Å². The van der Waals surface area contributed by atoms with E-state index in [9.17, 15) is 0 Å². The average molecular weight is 397 g/mol. The van der Waals surface area contributed by atoms with Crippen molar-refractivity contribution < 1.29 is 4.74 Å². The van der Waals surface area contributed by atoms with Crippen LogP contribution < -0.4 is 9.92 Å². The first-order valence-corrected chi connectivity index (χ1v) is 13.3. The zero-order chi connectivity index (χ0) is 21.3. The number of allylic oxidation sites excluding steroid dienone is 4. The highest BCUT2D eigenvalue weighted by Crippen LogP contribution is 2.50. The molecule has 0 N–H and O–H groups in total. The third-order valence-electron chi connectivity index (χ3n) is 7.13. The Morgan fingerprint density at radius 3 is 1.96 bits per heavy atom. The molecule has 0 bridgehead atoms. The minimum absolute atomic E-state index is 0.0470. The first-order chi connectivity index (χ1) is 13.1. The van der Waals surface area contributed by atoms with Crippen molar-refractivity contribution in [3.63, 3.8) is 0 Å². The van der Waals surface area contributed by atoms with Crippen molar-refractivity contribution in [2.45, 2.75) is 85.4 Å². The van der Waals surface area contributed by atoms with Crippen LogP contribution in [0.15, 0.2) is 53.1 Å². The van der Waals surface area contributed by atoms with Crippen molar-refractivity contribution in [3.8, 4) is 5.75 Å². The second-order valence-corrected chi connectivity index (χ2v) is 14.3. The molecule has 1 nitrogen and oxygen atoms in total. The Labute approximate surface area is 174 Å². The van der Waals surface area contributed by atoms with E-state index < -0.39 is 8.07 Å². The average Bonchev–Trinajstić information content (AvgIpc) is 2.85. The summed E-state index contributed by atoms with van der Waals surface area (Å²) in [7, 11) is -1.88. The van der Waals surface area contributed by atoms with Crippen LogP contribution in [0.4, 0.5) is 0 Å². The third-order valence-corrected chi connectivity index (χ3v) is 13.1. The van der Waals surface area contributed by atoms with Gasteiger partial charge in [0, 0.05) is 5.54 Å². The van der Waals surface area contributed by atoms with E-state index in [1.165, 1.54) is 34.0 Å². The summed E-state index contributed by atoms with van der Waals surface area (Å²) in [4.78, 5) is 0. The van der Waals surface area contributed by atoms with Gasteiger partial charge in [-0.15, -0.1) is 0 Å². The molecule has 154 valence electrons. The molecule has 2 rings (SSSR count). The first-order valence-electron chi connectivity index (χ1n) is 10.8. The van der Waals surface area contributed by atoms with Crippen molar-refractivity contribution in [1.29, 1.82) is 0 Å². The van der Waals surface area contributed by atoms with E-state index in [2.05, 4.69) is 87.1 Å². The van der Waals surface area contributed by atoms with Gasteiger partial charge in [0.1, 0.15) is 20.4 Å². The number of ether oxygens (including phenoxy) is 1. The van der Waals surface area contributed by atoms with Crippen LogP contribution in [0.5, 0.6) is 5.75 Å². The van der Waals surface area contributed by atoms with E-state index in [1.54, 1.807) is 11.1 Å². The zero-order valence-electron chi connectivity index (χ0n) is 19.6. The molecule has 2 heteroatoms. The second-order valence-electron chi connectivity index (χ2n) is 9.44. The van der Waals surface area contributed by atoms with Crippen LogP contribution in [0.1, 0.15) is 67.9 Å². The molecule has 28 heavy (non-hydrogen) atoms. The molecule has 0 atom stereocenters. The smallest absolute Gasteiger partial charge is 0.122 e. The largest absolute Gasteiger partial charge is 0.489 e. The third kappa shape index (κ3) is 3.68. The number of para-hydroxylation sites is 1. The summed E-state index contributed by atoms with van der Waals surface area (Å²) in [5.41, 5.74) is 8.11. The van der Waals surface area contributed by atoms with Crippen molar-refractivity contribution >= 4 is 13.3 Å². The van der Waals surface area contributed by atoms with E-state index in [4.69, 9.17) is 4.74 Å². The summed E-state index contributed by atoms with van der Waals surface area (Å²) >= 11 is 0. The van der Waals surface area contributed by atoms with E-state index in [0.717, 1.165) is 5.75 Å². The predicted molar refractivity (Wildman–Crippen MR) is 128 cm³/mol. The van der Waals surface area contributed by atoms with Crippen molar-refractivity contribution in [1.82, 2.24) is 0 Å². The fourth-order valence-electron chi connectivity index (χ4n) is 5.19. The van der Waals surface area contributed by atoms with Gasteiger partial charge in [-0.25, -0.2) is 0 Å². The van der Waals surface area contributed by atoms with Gasteiger partial charge >= 0.3 is 0 Å². The number of benzene rings is 1. The van der Waals surface area contributed by atoms with Gasteiger partial charge in [0.15, 0.2) is 0 Å². The fourth-order valence-corrected chi connectivity index (χ4v) is 10.8. The molecule has 1 aliphatic carbocycles. The Hall–Kier alpha value is -1.54. The summed E-state index contributed by atoms with van der Waals surface area (Å²) in [6.45, 7) is 25.5. The molecule has 0 amide bonds. The zero-order valence-corrected chi connectivity index (χ0v) is 20.6. The Bertz CT molecular complexity index is 776. The highest BCUT2D eigenvalue weighted by Gasteiger charge is 2.46. The van der Waals surface area contributed by atoms with Crippen molar-refractivity contribution in [3.05, 3.63) is 58.7 Å². The van der Waals surface area contributed by atoms with Gasteiger partial charge in [-0.2, -0.15) is 0 Å². The lowest BCUT2D eigenvalue weighted by atomic mass is 9.86. The summed E-state index contributed by atoms with van der Waals surface area (Å²) in [5, 5.41) is 1.50. The van der Waals surface area contributed by atoms with E-state index in [-0.39, 0.29) is 5.41 Å². The van der Waals surface area contributed by atoms with Gasteiger partial charge in [0.25, 0.3) is 0 Å². The summed E-state index contributed by atoms with van der Waals surface area (Å²) in [6, 6.07) is 9.33. The molecule has 0 saturated carbocycles. The van der Waals surface area contributed by atoms with Crippen LogP contribution in [0, 0.1) is 0 Å². The lowest BCUT2D eigenvalue weighted by Gasteiger charge is -2.40. The van der Waals surface area contributed by atoms with Gasteiger partial charge < -0.3 is 4.74 Å². The van der Waals surface area contributed by atoms with Gasteiger partial charge in [-0.1, -0.05) is 88.7 Å². The molecular weight excluding hydrogens is 356 g/mol. The van der Waals surface area contributed by atoms with Crippen LogP contribution >= 0.6 is 0 Å². The summed E-state index contributed by atoms with van der Waals surface area (Å²) in [6.07, 6.45) is 1.87. The molecule has 1 aliphatic rings. The van der Waals surface area contributed by atoms with Crippen molar-refractivity contribution in [2.24, 2.45) is 0 Å². The van der Waals surface area contributed by atoms with Crippen LogP contribution in [0.25, 0.3) is 0 Å². The molecule has 0 heterocycles. The minimum atomic E-state index is -1.88. The highest BCUT2D eigenvalue weighted by atomic mass is 28.3. The van der Waals surface area contributed by atoms with Gasteiger partial charge in [-0.3, -0.25) is 0 Å². The molecule has 0 aromatic heterocycles. The number of rotatable bonds is 7. The Balaban J connectivity index is 2.82. The minimum Gasteiger partial charge on any atom is -0.489 e.